The van der Waals surface area contributed by atoms with Gasteiger partial charge in [-0.25, -0.2) is 0 Å². The van der Waals surface area contributed by atoms with Crippen molar-refractivity contribution in [3.8, 4) is 17.2 Å². The zero-order chi connectivity index (χ0) is 20.3. The number of carbonyl (C=O) groups excluding carboxylic acids is 2. The zero-order valence-corrected chi connectivity index (χ0v) is 16.6. The Morgan fingerprint density at radius 2 is 1.93 bits per heavy atom. The molecule has 2 aromatic rings. The third kappa shape index (κ3) is 3.99. The number of carbonyl (C=O) groups is 2. The van der Waals surface area contributed by atoms with Crippen molar-refractivity contribution in [1.82, 2.24) is 0 Å². The highest BCUT2D eigenvalue weighted by Crippen LogP contribution is 2.36. The lowest BCUT2D eigenvalue weighted by molar-refractivity contribution is -0.125. The molecule has 0 radical (unpaired) electrons. The highest BCUT2D eigenvalue weighted by atomic mass is 35.5. The van der Waals surface area contributed by atoms with E-state index in [1.807, 2.05) is 12.1 Å². The molecule has 1 aliphatic rings. The van der Waals surface area contributed by atoms with Crippen LogP contribution in [0.1, 0.15) is 13.3 Å². The van der Waals surface area contributed by atoms with Crippen LogP contribution in [0.2, 0.25) is 5.02 Å². The Kier molecular flexibility index (Phi) is 5.94. The molecule has 1 N–H and O–H groups in total. The van der Waals surface area contributed by atoms with Gasteiger partial charge in [-0.15, -0.1) is 0 Å². The molecule has 2 amide bonds. The molecule has 0 saturated heterocycles. The number of benzene rings is 2. The highest BCUT2D eigenvalue weighted by molar-refractivity contribution is 6.32. The fourth-order valence-corrected chi connectivity index (χ4v) is 3.20. The van der Waals surface area contributed by atoms with Crippen LogP contribution >= 0.6 is 11.6 Å². The molecule has 0 unspecified atom stereocenters. The van der Waals surface area contributed by atoms with E-state index in [0.717, 1.165) is 0 Å². The second kappa shape index (κ2) is 8.39. The van der Waals surface area contributed by atoms with Crippen molar-refractivity contribution in [3.05, 3.63) is 41.4 Å². The van der Waals surface area contributed by atoms with Crippen LogP contribution < -0.4 is 24.4 Å². The summed E-state index contributed by atoms with van der Waals surface area (Å²) in [5.41, 5.74) is 1.10. The normalized spacial score (nSPS) is 15.5. The summed E-state index contributed by atoms with van der Waals surface area (Å²) in [6.45, 7) is 1.92. The van der Waals surface area contributed by atoms with Gasteiger partial charge in [-0.3, -0.25) is 9.59 Å². The Bertz CT molecular complexity index is 902. The van der Waals surface area contributed by atoms with E-state index in [0.29, 0.717) is 33.6 Å². The summed E-state index contributed by atoms with van der Waals surface area (Å²) in [4.78, 5) is 26.6. The van der Waals surface area contributed by atoms with Crippen molar-refractivity contribution in [3.63, 3.8) is 0 Å². The standard InChI is InChI=1S/C20H21ClN2O5/c1-12-20(25)23(15-6-4-5-7-16(15)28-12)9-8-19(24)22-14-11-17(26-2)13(21)10-18(14)27-3/h4-7,10-12H,8-9H2,1-3H3,(H,22,24)/t12-/m0/s1. The molecule has 0 bridgehead atoms. The molecule has 8 heteroatoms. The van der Waals surface area contributed by atoms with Crippen LogP contribution in [-0.4, -0.2) is 38.7 Å². The molecular weight excluding hydrogens is 384 g/mol. The van der Waals surface area contributed by atoms with Gasteiger partial charge in [0.1, 0.15) is 17.2 Å². The van der Waals surface area contributed by atoms with Gasteiger partial charge in [0.05, 0.1) is 30.6 Å². The van der Waals surface area contributed by atoms with E-state index in [2.05, 4.69) is 5.32 Å². The molecule has 1 aliphatic heterocycles. The van der Waals surface area contributed by atoms with Crippen molar-refractivity contribution in [2.45, 2.75) is 19.4 Å². The lowest BCUT2D eigenvalue weighted by Gasteiger charge is -2.32. The summed E-state index contributed by atoms with van der Waals surface area (Å²) in [6, 6.07) is 10.4. The van der Waals surface area contributed by atoms with E-state index in [1.54, 1.807) is 36.1 Å². The number of hydrogen-bond donors (Lipinski definition) is 1. The molecule has 0 saturated carbocycles. The summed E-state index contributed by atoms with van der Waals surface area (Å²) in [5, 5.41) is 3.16. The number of amides is 2. The van der Waals surface area contributed by atoms with Crippen LogP contribution in [0.15, 0.2) is 36.4 Å². The van der Waals surface area contributed by atoms with Gasteiger partial charge in [-0.05, 0) is 19.1 Å². The smallest absolute Gasteiger partial charge is 0.267 e. The number of ether oxygens (including phenoxy) is 3. The van der Waals surface area contributed by atoms with E-state index >= 15 is 0 Å². The second-order valence-electron chi connectivity index (χ2n) is 6.20. The van der Waals surface area contributed by atoms with E-state index < -0.39 is 6.10 Å². The first-order valence-electron chi connectivity index (χ1n) is 8.73. The van der Waals surface area contributed by atoms with E-state index in [1.165, 1.54) is 14.2 Å². The number of nitrogens with zero attached hydrogens (tertiary/aromatic N) is 1. The topological polar surface area (TPSA) is 77.1 Å². The second-order valence-corrected chi connectivity index (χ2v) is 6.61. The third-order valence-electron chi connectivity index (χ3n) is 4.38. The number of nitrogens with one attached hydrogen (secondary N) is 1. The van der Waals surface area contributed by atoms with Gasteiger partial charge in [0.2, 0.25) is 5.91 Å². The Labute approximate surface area is 168 Å². The molecule has 0 aromatic heterocycles. The zero-order valence-electron chi connectivity index (χ0n) is 15.8. The number of methoxy groups -OCH3 is 2. The molecule has 7 nitrogen and oxygen atoms in total. The Morgan fingerprint density at radius 3 is 2.64 bits per heavy atom. The molecule has 3 rings (SSSR count). The minimum atomic E-state index is -0.599. The maximum atomic E-state index is 12.5. The molecule has 28 heavy (non-hydrogen) atoms. The maximum Gasteiger partial charge on any atom is 0.267 e. The Morgan fingerprint density at radius 1 is 1.21 bits per heavy atom. The van der Waals surface area contributed by atoms with Crippen molar-refractivity contribution in [2.24, 2.45) is 0 Å². The lowest BCUT2D eigenvalue weighted by Crippen LogP contribution is -2.45. The van der Waals surface area contributed by atoms with Gasteiger partial charge in [-0.1, -0.05) is 23.7 Å². The highest BCUT2D eigenvalue weighted by Gasteiger charge is 2.31. The van der Waals surface area contributed by atoms with Crippen LogP contribution in [0, 0.1) is 0 Å². The first kappa shape index (κ1) is 19.8. The number of hydrogen-bond acceptors (Lipinski definition) is 5. The number of rotatable bonds is 6. The lowest BCUT2D eigenvalue weighted by atomic mass is 10.1. The summed E-state index contributed by atoms with van der Waals surface area (Å²) < 4.78 is 16.1. The van der Waals surface area contributed by atoms with E-state index in [9.17, 15) is 9.59 Å². The predicted octanol–water partition coefficient (Wildman–Crippen LogP) is 3.50. The molecule has 2 aromatic carbocycles. The number of para-hydroxylation sites is 2. The molecule has 148 valence electrons. The number of fused-ring (bicyclic) bond motifs is 1. The average Bonchev–Trinajstić information content (AvgIpc) is 2.69. The van der Waals surface area contributed by atoms with E-state index in [-0.39, 0.29) is 24.8 Å². The SMILES string of the molecule is COc1cc(NC(=O)CCN2C(=O)[C@H](C)Oc3ccccc32)c(OC)cc1Cl. The number of halogens is 1. The summed E-state index contributed by atoms with van der Waals surface area (Å²) in [6.07, 6.45) is -0.500. The fraction of sp³-hybridized carbons (Fsp3) is 0.300. The van der Waals surface area contributed by atoms with Crippen LogP contribution in [0.3, 0.4) is 0 Å². The van der Waals surface area contributed by atoms with Gasteiger partial charge in [0, 0.05) is 25.1 Å². The first-order valence-corrected chi connectivity index (χ1v) is 9.10. The Hall–Kier alpha value is -2.93. The van der Waals surface area contributed by atoms with Crippen molar-refractivity contribution in [2.75, 3.05) is 31.0 Å². The van der Waals surface area contributed by atoms with Gasteiger partial charge >= 0.3 is 0 Å². The van der Waals surface area contributed by atoms with Gasteiger partial charge in [-0.2, -0.15) is 0 Å². The molecule has 0 spiro atoms. The summed E-state index contributed by atoms with van der Waals surface area (Å²) >= 11 is 6.08. The quantitative estimate of drug-likeness (QED) is 0.797. The molecule has 1 atom stereocenters. The van der Waals surface area contributed by atoms with Crippen molar-refractivity contribution >= 4 is 34.8 Å². The van der Waals surface area contributed by atoms with Crippen LogP contribution in [0.25, 0.3) is 0 Å². The van der Waals surface area contributed by atoms with Gasteiger partial charge < -0.3 is 24.4 Å². The van der Waals surface area contributed by atoms with Crippen LogP contribution in [0.5, 0.6) is 17.2 Å². The first-order chi connectivity index (χ1) is 13.4. The average molecular weight is 405 g/mol. The molecule has 0 aliphatic carbocycles. The largest absolute Gasteiger partial charge is 0.495 e. The minimum absolute atomic E-state index is 0.0981. The third-order valence-corrected chi connectivity index (χ3v) is 4.68. The van der Waals surface area contributed by atoms with E-state index in [4.69, 9.17) is 25.8 Å². The van der Waals surface area contributed by atoms with Gasteiger partial charge in [0.15, 0.2) is 6.10 Å². The summed E-state index contributed by atoms with van der Waals surface area (Å²) in [5.74, 6) is 1.01. The minimum Gasteiger partial charge on any atom is -0.495 e. The predicted molar refractivity (Wildman–Crippen MR) is 107 cm³/mol. The molecular formula is C20H21ClN2O5. The van der Waals surface area contributed by atoms with Crippen LogP contribution in [0.4, 0.5) is 11.4 Å². The molecule has 1 heterocycles. The van der Waals surface area contributed by atoms with Crippen LogP contribution in [-0.2, 0) is 9.59 Å². The monoisotopic (exact) mass is 404 g/mol. The fourth-order valence-electron chi connectivity index (χ4n) is 2.97. The van der Waals surface area contributed by atoms with Gasteiger partial charge in [0.25, 0.3) is 5.91 Å². The van der Waals surface area contributed by atoms with Crippen molar-refractivity contribution in [1.29, 1.82) is 0 Å². The Balaban J connectivity index is 1.72. The number of anilines is 2. The van der Waals surface area contributed by atoms with Crippen molar-refractivity contribution < 1.29 is 23.8 Å². The maximum absolute atomic E-state index is 12.5. The molecule has 0 fully saturated rings. The summed E-state index contributed by atoms with van der Waals surface area (Å²) in [7, 11) is 2.97.